The second kappa shape index (κ2) is 3.85. The van der Waals surface area contributed by atoms with Crippen LogP contribution < -0.4 is 5.32 Å². The molecule has 0 radical (unpaired) electrons. The van der Waals surface area contributed by atoms with E-state index in [1.165, 1.54) is 19.3 Å². The van der Waals surface area contributed by atoms with Gasteiger partial charge in [-0.05, 0) is 18.9 Å². The highest BCUT2D eigenvalue weighted by Gasteiger charge is 2.19. The standard InChI is InChI=1S/C7H15NO/c9-6-5-8-4-3-7-1-2-7/h7-9H,1-6H2. The van der Waals surface area contributed by atoms with Gasteiger partial charge in [-0.25, -0.2) is 0 Å². The first kappa shape index (κ1) is 7.03. The average molecular weight is 129 g/mol. The fourth-order valence-corrected chi connectivity index (χ4v) is 0.917. The van der Waals surface area contributed by atoms with Crippen molar-refractivity contribution in [3.63, 3.8) is 0 Å². The number of hydrogen-bond donors (Lipinski definition) is 2. The summed E-state index contributed by atoms with van der Waals surface area (Å²) in [6.45, 7) is 2.11. The van der Waals surface area contributed by atoms with Gasteiger partial charge in [0.05, 0.1) is 6.61 Å². The van der Waals surface area contributed by atoms with Crippen molar-refractivity contribution in [1.29, 1.82) is 0 Å². The first-order valence-corrected chi connectivity index (χ1v) is 3.75. The van der Waals surface area contributed by atoms with Crippen LogP contribution in [0, 0.1) is 5.92 Å². The molecule has 54 valence electrons. The Labute approximate surface area is 56.3 Å². The fraction of sp³-hybridized carbons (Fsp3) is 1.00. The van der Waals surface area contributed by atoms with E-state index in [2.05, 4.69) is 5.32 Å². The van der Waals surface area contributed by atoms with Crippen LogP contribution in [0.2, 0.25) is 0 Å². The van der Waals surface area contributed by atoms with Crippen LogP contribution >= 0.6 is 0 Å². The van der Waals surface area contributed by atoms with E-state index in [9.17, 15) is 0 Å². The van der Waals surface area contributed by atoms with Crippen molar-refractivity contribution in [1.82, 2.24) is 5.32 Å². The fourth-order valence-electron chi connectivity index (χ4n) is 0.917. The zero-order valence-corrected chi connectivity index (χ0v) is 5.77. The Kier molecular flexibility index (Phi) is 3.01. The van der Waals surface area contributed by atoms with Crippen molar-refractivity contribution in [3.05, 3.63) is 0 Å². The van der Waals surface area contributed by atoms with Crippen LogP contribution in [0.1, 0.15) is 19.3 Å². The summed E-state index contributed by atoms with van der Waals surface area (Å²) in [5.74, 6) is 1.01. The smallest absolute Gasteiger partial charge is 0.0555 e. The van der Waals surface area contributed by atoms with Gasteiger partial charge in [0.2, 0.25) is 0 Å². The zero-order valence-electron chi connectivity index (χ0n) is 5.77. The molecule has 2 nitrogen and oxygen atoms in total. The van der Waals surface area contributed by atoms with E-state index in [1.807, 2.05) is 0 Å². The summed E-state index contributed by atoms with van der Waals surface area (Å²) in [4.78, 5) is 0. The van der Waals surface area contributed by atoms with E-state index in [4.69, 9.17) is 5.11 Å². The van der Waals surface area contributed by atoms with Gasteiger partial charge in [-0.15, -0.1) is 0 Å². The molecule has 1 fully saturated rings. The number of rotatable bonds is 5. The van der Waals surface area contributed by atoms with Gasteiger partial charge in [-0.1, -0.05) is 12.8 Å². The molecule has 2 N–H and O–H groups in total. The molecule has 0 atom stereocenters. The molecule has 0 heterocycles. The van der Waals surface area contributed by atoms with Crippen LogP contribution in [0.3, 0.4) is 0 Å². The average Bonchev–Trinajstić information content (AvgIpc) is 2.63. The minimum absolute atomic E-state index is 0.269. The molecule has 0 aromatic carbocycles. The maximum atomic E-state index is 8.38. The molecule has 0 bridgehead atoms. The molecule has 1 aliphatic carbocycles. The summed E-state index contributed by atoms with van der Waals surface area (Å²) in [6, 6.07) is 0. The van der Waals surface area contributed by atoms with Crippen molar-refractivity contribution in [3.8, 4) is 0 Å². The summed E-state index contributed by atoms with van der Waals surface area (Å²) in [5, 5.41) is 11.5. The molecule has 0 aliphatic heterocycles. The normalized spacial score (nSPS) is 18.3. The molecule has 0 aromatic heterocycles. The minimum atomic E-state index is 0.269. The lowest BCUT2D eigenvalue weighted by atomic mass is 10.3. The highest BCUT2D eigenvalue weighted by Crippen LogP contribution is 2.31. The molecular formula is C7H15NO. The second-order valence-electron chi connectivity index (χ2n) is 2.71. The topological polar surface area (TPSA) is 32.3 Å². The Hall–Kier alpha value is -0.0800. The predicted octanol–water partition coefficient (Wildman–Crippen LogP) is 0.368. The van der Waals surface area contributed by atoms with Crippen LogP contribution in [-0.2, 0) is 0 Å². The van der Waals surface area contributed by atoms with Gasteiger partial charge in [0.1, 0.15) is 0 Å². The highest BCUT2D eigenvalue weighted by molar-refractivity contribution is 4.73. The summed E-state index contributed by atoms with van der Waals surface area (Å²) >= 11 is 0. The van der Waals surface area contributed by atoms with Crippen LogP contribution in [0.15, 0.2) is 0 Å². The van der Waals surface area contributed by atoms with E-state index in [1.54, 1.807) is 0 Å². The van der Waals surface area contributed by atoms with Crippen molar-refractivity contribution in [2.24, 2.45) is 5.92 Å². The number of aliphatic hydroxyl groups is 1. The quantitative estimate of drug-likeness (QED) is 0.526. The highest BCUT2D eigenvalue weighted by atomic mass is 16.3. The van der Waals surface area contributed by atoms with Gasteiger partial charge in [-0.3, -0.25) is 0 Å². The van der Waals surface area contributed by atoms with Gasteiger partial charge in [0, 0.05) is 6.54 Å². The number of nitrogens with one attached hydrogen (secondary N) is 1. The molecule has 0 spiro atoms. The Balaban J connectivity index is 1.71. The van der Waals surface area contributed by atoms with Crippen LogP contribution in [0.25, 0.3) is 0 Å². The van der Waals surface area contributed by atoms with Crippen molar-refractivity contribution >= 4 is 0 Å². The van der Waals surface area contributed by atoms with E-state index in [0.717, 1.165) is 19.0 Å². The first-order valence-electron chi connectivity index (χ1n) is 3.75. The third-order valence-electron chi connectivity index (χ3n) is 1.71. The molecule has 1 rings (SSSR count). The summed E-state index contributed by atoms with van der Waals surface area (Å²) in [7, 11) is 0. The molecule has 9 heavy (non-hydrogen) atoms. The van der Waals surface area contributed by atoms with Gasteiger partial charge in [0.25, 0.3) is 0 Å². The second-order valence-corrected chi connectivity index (χ2v) is 2.71. The lowest BCUT2D eigenvalue weighted by molar-refractivity contribution is 0.292. The van der Waals surface area contributed by atoms with Crippen LogP contribution in [-0.4, -0.2) is 24.8 Å². The van der Waals surface area contributed by atoms with E-state index >= 15 is 0 Å². The molecule has 2 heteroatoms. The summed E-state index contributed by atoms with van der Waals surface area (Å²) in [5.41, 5.74) is 0. The van der Waals surface area contributed by atoms with Crippen molar-refractivity contribution in [2.45, 2.75) is 19.3 Å². The third kappa shape index (κ3) is 3.49. The van der Waals surface area contributed by atoms with Gasteiger partial charge in [0.15, 0.2) is 0 Å². The largest absolute Gasteiger partial charge is 0.395 e. The van der Waals surface area contributed by atoms with Gasteiger partial charge in [-0.2, -0.15) is 0 Å². The minimum Gasteiger partial charge on any atom is -0.395 e. The Bertz CT molecular complexity index is 71.3. The van der Waals surface area contributed by atoms with Crippen LogP contribution in [0.5, 0.6) is 0 Å². The first-order chi connectivity index (χ1) is 4.43. The summed E-state index contributed by atoms with van der Waals surface area (Å²) < 4.78 is 0. The van der Waals surface area contributed by atoms with E-state index in [-0.39, 0.29) is 6.61 Å². The molecule has 1 saturated carbocycles. The molecule has 0 aromatic rings. The molecule has 0 saturated heterocycles. The third-order valence-corrected chi connectivity index (χ3v) is 1.71. The van der Waals surface area contributed by atoms with Gasteiger partial charge < -0.3 is 10.4 Å². The Morgan fingerprint density at radius 3 is 2.67 bits per heavy atom. The van der Waals surface area contributed by atoms with E-state index < -0.39 is 0 Å². The Morgan fingerprint density at radius 2 is 2.11 bits per heavy atom. The van der Waals surface area contributed by atoms with Crippen LogP contribution in [0.4, 0.5) is 0 Å². The zero-order chi connectivity index (χ0) is 6.53. The lowest BCUT2D eigenvalue weighted by Gasteiger charge is -1.98. The monoisotopic (exact) mass is 129 g/mol. The summed E-state index contributed by atoms with van der Waals surface area (Å²) in [6.07, 6.45) is 4.17. The maximum Gasteiger partial charge on any atom is 0.0555 e. The Morgan fingerprint density at radius 1 is 1.33 bits per heavy atom. The molecular weight excluding hydrogens is 114 g/mol. The molecule has 0 unspecified atom stereocenters. The predicted molar refractivity (Wildman–Crippen MR) is 37.3 cm³/mol. The SMILES string of the molecule is OCCNCCC1CC1. The maximum absolute atomic E-state index is 8.38. The van der Waals surface area contributed by atoms with E-state index in [0.29, 0.717) is 0 Å². The van der Waals surface area contributed by atoms with Crippen molar-refractivity contribution in [2.75, 3.05) is 19.7 Å². The van der Waals surface area contributed by atoms with Crippen molar-refractivity contribution < 1.29 is 5.11 Å². The molecule has 1 aliphatic rings. The number of hydrogen-bond acceptors (Lipinski definition) is 2. The lowest BCUT2D eigenvalue weighted by Crippen LogP contribution is -2.19. The molecule has 0 amide bonds. The van der Waals surface area contributed by atoms with Gasteiger partial charge >= 0.3 is 0 Å². The number of aliphatic hydroxyl groups excluding tert-OH is 1.